The monoisotopic (exact) mass is 255 g/mol. The van der Waals surface area contributed by atoms with E-state index >= 15 is 0 Å². The highest BCUT2D eigenvalue weighted by molar-refractivity contribution is 6.30. The van der Waals surface area contributed by atoms with Gasteiger partial charge in [0.2, 0.25) is 5.91 Å². The van der Waals surface area contributed by atoms with Crippen molar-refractivity contribution in [2.24, 2.45) is 0 Å². The quantitative estimate of drug-likeness (QED) is 0.806. The van der Waals surface area contributed by atoms with E-state index in [-0.39, 0.29) is 0 Å². The van der Waals surface area contributed by atoms with Crippen LogP contribution in [-0.4, -0.2) is 22.4 Å². The lowest BCUT2D eigenvalue weighted by Gasteiger charge is -2.27. The summed E-state index contributed by atoms with van der Waals surface area (Å²) in [6.07, 6.45) is 0. The number of nitrogens with one attached hydrogen (secondary N) is 1. The molecule has 1 rings (SSSR count). The number of carboxylic acids is 1. The van der Waals surface area contributed by atoms with Gasteiger partial charge in [0, 0.05) is 0 Å². The maximum atomic E-state index is 11.5. The van der Waals surface area contributed by atoms with E-state index < -0.39 is 22.8 Å². The van der Waals surface area contributed by atoms with E-state index in [9.17, 15) is 14.7 Å². The zero-order chi connectivity index (χ0) is 13.1. The molecule has 0 heterocycles. The molecule has 17 heavy (non-hydrogen) atoms. The molecule has 2 unspecified atom stereocenters. The van der Waals surface area contributed by atoms with Gasteiger partial charge in [-0.2, -0.15) is 0 Å². The van der Waals surface area contributed by atoms with E-state index in [2.05, 4.69) is 5.32 Å². The van der Waals surface area contributed by atoms with E-state index in [1.165, 1.54) is 13.8 Å². The number of hydrogen-bond donors (Lipinski definition) is 2. The maximum Gasteiger partial charge on any atom is 0.333 e. The molecule has 0 aliphatic rings. The molecule has 2 N–H and O–H groups in total. The number of rotatable bonds is 4. The SMILES string of the molecule is CC(Cl)C(=O)NC(C)(C(=O)O)c1ccccc1. The third-order valence-electron chi connectivity index (χ3n) is 2.51. The van der Waals surface area contributed by atoms with Crippen molar-refractivity contribution >= 4 is 23.5 Å². The molecular formula is C12H14ClNO3. The van der Waals surface area contributed by atoms with Gasteiger partial charge < -0.3 is 10.4 Å². The number of aliphatic carboxylic acids is 1. The number of benzene rings is 1. The Hall–Kier alpha value is -1.55. The Morgan fingerprint density at radius 3 is 2.29 bits per heavy atom. The fourth-order valence-corrected chi connectivity index (χ4v) is 1.42. The summed E-state index contributed by atoms with van der Waals surface area (Å²) < 4.78 is 0. The Morgan fingerprint density at radius 1 is 1.35 bits per heavy atom. The first-order valence-electron chi connectivity index (χ1n) is 5.13. The number of halogens is 1. The van der Waals surface area contributed by atoms with E-state index in [0.29, 0.717) is 5.56 Å². The summed E-state index contributed by atoms with van der Waals surface area (Å²) in [5.74, 6) is -1.64. The molecule has 0 fully saturated rings. The van der Waals surface area contributed by atoms with Gasteiger partial charge in [-0.15, -0.1) is 11.6 Å². The van der Waals surface area contributed by atoms with Crippen LogP contribution in [0.2, 0.25) is 0 Å². The largest absolute Gasteiger partial charge is 0.479 e. The lowest BCUT2D eigenvalue weighted by molar-refractivity contribution is -0.147. The highest BCUT2D eigenvalue weighted by Gasteiger charge is 2.37. The minimum absolute atomic E-state index is 0.498. The molecule has 2 atom stereocenters. The Morgan fingerprint density at radius 2 is 1.88 bits per heavy atom. The average Bonchev–Trinajstić information content (AvgIpc) is 2.29. The molecule has 0 aliphatic carbocycles. The van der Waals surface area contributed by atoms with Crippen molar-refractivity contribution < 1.29 is 14.7 Å². The van der Waals surface area contributed by atoms with Crippen molar-refractivity contribution in [1.29, 1.82) is 0 Å². The zero-order valence-electron chi connectivity index (χ0n) is 9.61. The molecule has 1 amide bonds. The highest BCUT2D eigenvalue weighted by Crippen LogP contribution is 2.21. The third-order valence-corrected chi connectivity index (χ3v) is 2.71. The predicted molar refractivity (Wildman–Crippen MR) is 64.9 cm³/mol. The summed E-state index contributed by atoms with van der Waals surface area (Å²) in [6.45, 7) is 2.92. The van der Waals surface area contributed by atoms with Gasteiger partial charge in [-0.05, 0) is 19.4 Å². The van der Waals surface area contributed by atoms with Crippen molar-refractivity contribution in [1.82, 2.24) is 5.32 Å². The average molecular weight is 256 g/mol. The van der Waals surface area contributed by atoms with E-state index in [1.807, 2.05) is 0 Å². The van der Waals surface area contributed by atoms with Gasteiger partial charge in [0.15, 0.2) is 5.54 Å². The van der Waals surface area contributed by atoms with Crippen molar-refractivity contribution in [2.75, 3.05) is 0 Å². The fraction of sp³-hybridized carbons (Fsp3) is 0.333. The molecule has 0 spiro atoms. The molecule has 0 bridgehead atoms. The maximum absolute atomic E-state index is 11.5. The van der Waals surface area contributed by atoms with Crippen molar-refractivity contribution in [2.45, 2.75) is 24.8 Å². The first-order valence-corrected chi connectivity index (χ1v) is 5.56. The minimum Gasteiger partial charge on any atom is -0.479 e. The Bertz CT molecular complexity index is 419. The second kappa shape index (κ2) is 5.19. The van der Waals surface area contributed by atoms with Crippen molar-refractivity contribution in [3.63, 3.8) is 0 Å². The van der Waals surface area contributed by atoms with Crippen LogP contribution >= 0.6 is 11.6 Å². The summed E-state index contributed by atoms with van der Waals surface area (Å²) >= 11 is 5.62. The van der Waals surface area contributed by atoms with Gasteiger partial charge in [0.05, 0.1) is 0 Å². The normalized spacial score (nSPS) is 15.7. The van der Waals surface area contributed by atoms with Crippen LogP contribution in [0.15, 0.2) is 30.3 Å². The second-order valence-electron chi connectivity index (χ2n) is 3.90. The molecular weight excluding hydrogens is 242 g/mol. The Kier molecular flexibility index (Phi) is 4.12. The van der Waals surface area contributed by atoms with Gasteiger partial charge in [-0.1, -0.05) is 30.3 Å². The van der Waals surface area contributed by atoms with E-state index in [4.69, 9.17) is 11.6 Å². The smallest absolute Gasteiger partial charge is 0.333 e. The number of hydrogen-bond acceptors (Lipinski definition) is 2. The number of carbonyl (C=O) groups excluding carboxylic acids is 1. The van der Waals surface area contributed by atoms with Crippen molar-refractivity contribution in [3.05, 3.63) is 35.9 Å². The van der Waals surface area contributed by atoms with E-state index in [1.54, 1.807) is 30.3 Å². The molecule has 0 saturated heterocycles. The van der Waals surface area contributed by atoms with Gasteiger partial charge >= 0.3 is 5.97 Å². The minimum atomic E-state index is -1.47. The molecule has 0 aromatic heterocycles. The first-order chi connectivity index (χ1) is 7.88. The standard InChI is InChI=1S/C12H14ClNO3/c1-8(13)10(15)14-12(2,11(16)17)9-6-4-3-5-7-9/h3-8H,1-2H3,(H,14,15)(H,16,17). The van der Waals surface area contributed by atoms with E-state index in [0.717, 1.165) is 0 Å². The fourth-order valence-electron chi connectivity index (χ4n) is 1.37. The van der Waals surface area contributed by atoms with Crippen LogP contribution in [-0.2, 0) is 15.1 Å². The van der Waals surface area contributed by atoms with Crippen LogP contribution in [0.25, 0.3) is 0 Å². The summed E-state index contributed by atoms with van der Waals surface area (Å²) in [4.78, 5) is 22.9. The first kappa shape index (κ1) is 13.5. The van der Waals surface area contributed by atoms with Crippen LogP contribution in [0.3, 0.4) is 0 Å². The lowest BCUT2D eigenvalue weighted by Crippen LogP contribution is -2.51. The van der Waals surface area contributed by atoms with Gasteiger partial charge in [-0.25, -0.2) is 4.79 Å². The summed E-state index contributed by atoms with van der Waals surface area (Å²) in [7, 11) is 0. The van der Waals surface area contributed by atoms with Crippen LogP contribution in [0.1, 0.15) is 19.4 Å². The van der Waals surface area contributed by atoms with Crippen LogP contribution < -0.4 is 5.32 Å². The van der Waals surface area contributed by atoms with Gasteiger partial charge in [0.25, 0.3) is 0 Å². The Balaban J connectivity index is 3.07. The van der Waals surface area contributed by atoms with Crippen LogP contribution in [0.5, 0.6) is 0 Å². The molecule has 0 saturated carbocycles. The molecule has 92 valence electrons. The van der Waals surface area contributed by atoms with Crippen LogP contribution in [0.4, 0.5) is 0 Å². The zero-order valence-corrected chi connectivity index (χ0v) is 10.4. The second-order valence-corrected chi connectivity index (χ2v) is 4.56. The molecule has 5 heteroatoms. The highest BCUT2D eigenvalue weighted by atomic mass is 35.5. The third kappa shape index (κ3) is 2.97. The lowest BCUT2D eigenvalue weighted by atomic mass is 9.92. The molecule has 0 radical (unpaired) electrons. The molecule has 4 nitrogen and oxygen atoms in total. The summed E-state index contributed by atoms with van der Waals surface area (Å²) in [5.41, 5.74) is -0.972. The summed E-state index contributed by atoms with van der Waals surface area (Å²) in [6, 6.07) is 8.50. The number of carbonyl (C=O) groups is 2. The van der Waals surface area contributed by atoms with Crippen LogP contribution in [0, 0.1) is 0 Å². The number of amides is 1. The predicted octanol–water partition coefficient (Wildman–Crippen LogP) is 1.73. The Labute approximate surface area is 105 Å². The number of alkyl halides is 1. The van der Waals surface area contributed by atoms with Gasteiger partial charge in [0.1, 0.15) is 5.38 Å². The number of carboxylic acid groups (broad SMARTS) is 1. The topological polar surface area (TPSA) is 66.4 Å². The molecule has 0 aliphatic heterocycles. The van der Waals surface area contributed by atoms with Crippen molar-refractivity contribution in [3.8, 4) is 0 Å². The van der Waals surface area contributed by atoms with Gasteiger partial charge in [-0.3, -0.25) is 4.79 Å². The molecule has 1 aromatic carbocycles. The summed E-state index contributed by atoms with van der Waals surface area (Å²) in [5, 5.41) is 10.9. The molecule has 1 aromatic rings.